The molecule has 3 rings (SSSR count). The van der Waals surface area contributed by atoms with Crippen molar-refractivity contribution in [2.45, 2.75) is 31.6 Å². The summed E-state index contributed by atoms with van der Waals surface area (Å²) in [5.74, 6) is 0.0264. The van der Waals surface area contributed by atoms with E-state index >= 15 is 0 Å². The summed E-state index contributed by atoms with van der Waals surface area (Å²) in [6.07, 6.45) is 3.85. The number of nitrogens with one attached hydrogen (secondary N) is 1. The summed E-state index contributed by atoms with van der Waals surface area (Å²) in [6.45, 7) is 3.35. The minimum atomic E-state index is -3.32. The molecule has 0 radical (unpaired) electrons. The second-order valence-corrected chi connectivity index (χ2v) is 8.58. The fraction of sp³-hybridized carbons (Fsp3) is 0.438. The molecule has 1 unspecified atom stereocenters. The van der Waals surface area contributed by atoms with Gasteiger partial charge in [-0.3, -0.25) is 0 Å². The number of hydrogen-bond acceptors (Lipinski definition) is 5. The summed E-state index contributed by atoms with van der Waals surface area (Å²) in [5.41, 5.74) is 1.89. The molecule has 23 heavy (non-hydrogen) atoms. The van der Waals surface area contributed by atoms with E-state index < -0.39 is 10.0 Å². The summed E-state index contributed by atoms with van der Waals surface area (Å²) in [5, 5.41) is 2.93. The highest BCUT2D eigenvalue weighted by atomic mass is 32.2. The van der Waals surface area contributed by atoms with Crippen molar-refractivity contribution in [3.05, 3.63) is 47.0 Å². The number of nitrogens with zero attached hydrogens (tertiary/aromatic N) is 2. The maximum atomic E-state index is 12.3. The highest BCUT2D eigenvalue weighted by molar-refractivity contribution is 7.88. The molecule has 1 atom stereocenters. The number of aromatic nitrogens is 1. The lowest BCUT2D eigenvalue weighted by Gasteiger charge is -2.24. The lowest BCUT2D eigenvalue weighted by atomic mass is 10.2. The molecule has 0 spiro atoms. The zero-order valence-corrected chi connectivity index (χ0v) is 14.7. The van der Waals surface area contributed by atoms with Crippen molar-refractivity contribution >= 4 is 26.5 Å². The van der Waals surface area contributed by atoms with Crippen LogP contribution in [0, 0.1) is 6.92 Å². The van der Waals surface area contributed by atoms with Crippen LogP contribution in [-0.4, -0.2) is 32.5 Å². The number of anilines is 1. The van der Waals surface area contributed by atoms with Crippen LogP contribution in [-0.2, 0) is 15.8 Å². The Labute approximate surface area is 141 Å². The van der Waals surface area contributed by atoms with E-state index in [1.54, 1.807) is 17.5 Å². The van der Waals surface area contributed by atoms with Gasteiger partial charge in [0.1, 0.15) is 0 Å². The number of aryl methyl sites for hydroxylation is 1. The van der Waals surface area contributed by atoms with Gasteiger partial charge >= 0.3 is 0 Å². The lowest BCUT2D eigenvalue weighted by Crippen LogP contribution is -2.40. The Bertz CT molecular complexity index is 744. The zero-order valence-electron chi connectivity index (χ0n) is 13.1. The minimum absolute atomic E-state index is 0.0264. The van der Waals surface area contributed by atoms with Crippen molar-refractivity contribution in [2.75, 3.05) is 18.0 Å². The predicted octanol–water partition coefficient (Wildman–Crippen LogP) is 2.54. The van der Waals surface area contributed by atoms with Crippen molar-refractivity contribution in [3.63, 3.8) is 0 Å². The molecule has 1 aromatic heterocycles. The highest BCUT2D eigenvalue weighted by Gasteiger charge is 2.27. The average molecular weight is 351 g/mol. The number of thiazole rings is 1. The van der Waals surface area contributed by atoms with Gasteiger partial charge in [-0.25, -0.2) is 18.1 Å². The van der Waals surface area contributed by atoms with Crippen molar-refractivity contribution in [1.82, 2.24) is 9.71 Å². The molecule has 2 aromatic rings. The van der Waals surface area contributed by atoms with Crippen LogP contribution in [0.3, 0.4) is 0 Å². The first-order chi connectivity index (χ1) is 11.0. The Balaban J connectivity index is 1.60. The molecule has 2 heterocycles. The molecule has 1 aliphatic rings. The molecular weight excluding hydrogens is 330 g/mol. The molecule has 1 aromatic carbocycles. The zero-order chi connectivity index (χ0) is 16.3. The topological polar surface area (TPSA) is 62.3 Å². The van der Waals surface area contributed by atoms with E-state index in [-0.39, 0.29) is 11.8 Å². The molecule has 124 valence electrons. The molecule has 1 N–H and O–H groups in total. The molecule has 1 saturated heterocycles. The molecule has 5 nitrogen and oxygen atoms in total. The molecule has 7 heteroatoms. The Morgan fingerprint density at radius 3 is 3.04 bits per heavy atom. The van der Waals surface area contributed by atoms with E-state index in [1.165, 1.54) is 0 Å². The van der Waals surface area contributed by atoms with E-state index in [4.69, 9.17) is 0 Å². The van der Waals surface area contributed by atoms with E-state index in [0.717, 1.165) is 35.6 Å². The van der Waals surface area contributed by atoms with Gasteiger partial charge in [-0.2, -0.15) is 0 Å². The predicted molar refractivity (Wildman–Crippen MR) is 94.3 cm³/mol. The van der Waals surface area contributed by atoms with Gasteiger partial charge in [0, 0.05) is 30.7 Å². The monoisotopic (exact) mass is 351 g/mol. The van der Waals surface area contributed by atoms with Crippen LogP contribution in [0.15, 0.2) is 35.8 Å². The summed E-state index contributed by atoms with van der Waals surface area (Å²) in [7, 11) is -3.32. The Kier molecular flexibility index (Phi) is 4.99. The van der Waals surface area contributed by atoms with E-state index in [2.05, 4.69) is 14.6 Å². The van der Waals surface area contributed by atoms with Crippen molar-refractivity contribution in [3.8, 4) is 0 Å². The molecule has 0 amide bonds. The first kappa shape index (κ1) is 16.4. The molecule has 0 saturated carbocycles. The van der Waals surface area contributed by atoms with Gasteiger partial charge in [-0.15, -0.1) is 11.3 Å². The maximum absolute atomic E-state index is 12.3. The Hall–Kier alpha value is -1.44. The fourth-order valence-corrected chi connectivity index (χ4v) is 4.86. The molecule has 1 aliphatic heterocycles. The van der Waals surface area contributed by atoms with Gasteiger partial charge in [-0.1, -0.05) is 29.8 Å². The smallest absolute Gasteiger partial charge is 0.215 e. The van der Waals surface area contributed by atoms with Gasteiger partial charge in [0.05, 0.1) is 5.75 Å². The third kappa shape index (κ3) is 4.31. The first-order valence-electron chi connectivity index (χ1n) is 7.72. The SMILES string of the molecule is Cc1cccc(CS(=O)(=O)NCC2CCCN2c2nccs2)c1. The summed E-state index contributed by atoms with van der Waals surface area (Å²) < 4.78 is 27.4. The van der Waals surface area contributed by atoms with Gasteiger partial charge in [0.2, 0.25) is 10.0 Å². The van der Waals surface area contributed by atoms with Gasteiger partial charge in [-0.05, 0) is 25.3 Å². The quantitative estimate of drug-likeness (QED) is 0.869. The van der Waals surface area contributed by atoms with Crippen LogP contribution in [0.4, 0.5) is 5.13 Å². The van der Waals surface area contributed by atoms with Crippen molar-refractivity contribution in [2.24, 2.45) is 0 Å². The highest BCUT2D eigenvalue weighted by Crippen LogP contribution is 2.26. The average Bonchev–Trinajstić information content (AvgIpc) is 3.16. The third-order valence-electron chi connectivity index (χ3n) is 4.02. The fourth-order valence-electron chi connectivity index (χ4n) is 2.95. The van der Waals surface area contributed by atoms with Crippen LogP contribution in [0.5, 0.6) is 0 Å². The Morgan fingerprint density at radius 1 is 1.43 bits per heavy atom. The molecule has 0 aliphatic carbocycles. The second-order valence-electron chi connectivity index (χ2n) is 5.90. The second kappa shape index (κ2) is 6.98. The largest absolute Gasteiger partial charge is 0.344 e. The van der Waals surface area contributed by atoms with Crippen LogP contribution in [0.25, 0.3) is 0 Å². The van der Waals surface area contributed by atoms with Crippen molar-refractivity contribution in [1.29, 1.82) is 0 Å². The van der Waals surface area contributed by atoms with Crippen LogP contribution in [0.2, 0.25) is 0 Å². The normalized spacial score (nSPS) is 18.5. The summed E-state index contributed by atoms with van der Waals surface area (Å²) in [6, 6.07) is 7.81. The van der Waals surface area contributed by atoms with E-state index in [1.807, 2.05) is 36.6 Å². The van der Waals surface area contributed by atoms with Crippen molar-refractivity contribution < 1.29 is 8.42 Å². The van der Waals surface area contributed by atoms with Crippen LogP contribution >= 0.6 is 11.3 Å². The van der Waals surface area contributed by atoms with E-state index in [9.17, 15) is 8.42 Å². The van der Waals surface area contributed by atoms with Gasteiger partial charge in [0.15, 0.2) is 5.13 Å². The van der Waals surface area contributed by atoms with Crippen LogP contribution in [0.1, 0.15) is 24.0 Å². The number of rotatable bonds is 6. The Morgan fingerprint density at radius 2 is 2.30 bits per heavy atom. The van der Waals surface area contributed by atoms with Gasteiger partial charge in [0.25, 0.3) is 0 Å². The first-order valence-corrected chi connectivity index (χ1v) is 10.3. The van der Waals surface area contributed by atoms with Crippen LogP contribution < -0.4 is 9.62 Å². The maximum Gasteiger partial charge on any atom is 0.215 e. The minimum Gasteiger partial charge on any atom is -0.344 e. The number of sulfonamides is 1. The number of hydrogen-bond donors (Lipinski definition) is 1. The van der Waals surface area contributed by atoms with Gasteiger partial charge < -0.3 is 4.90 Å². The molecule has 0 bridgehead atoms. The molecule has 1 fully saturated rings. The lowest BCUT2D eigenvalue weighted by molar-refractivity contribution is 0.566. The number of benzene rings is 1. The standard InChI is InChI=1S/C16H21N3O2S2/c1-13-4-2-5-14(10-13)12-23(20,21)18-11-15-6-3-8-19(15)16-17-7-9-22-16/h2,4-5,7,9-10,15,18H,3,6,8,11-12H2,1H3. The third-order valence-corrected chi connectivity index (χ3v) is 6.15. The summed E-state index contributed by atoms with van der Waals surface area (Å²) in [4.78, 5) is 6.55. The summed E-state index contributed by atoms with van der Waals surface area (Å²) >= 11 is 1.60. The van der Waals surface area contributed by atoms with E-state index in [0.29, 0.717) is 6.54 Å². The molecular formula is C16H21N3O2S2.